The lowest BCUT2D eigenvalue weighted by Gasteiger charge is -2.40. The number of piperidine rings is 1. The highest BCUT2D eigenvalue weighted by atomic mass is 16.5. The maximum atomic E-state index is 13.1. The van der Waals surface area contributed by atoms with E-state index in [4.69, 9.17) is 14.5 Å². The Labute approximate surface area is 229 Å². The van der Waals surface area contributed by atoms with E-state index in [0.29, 0.717) is 29.1 Å². The van der Waals surface area contributed by atoms with Crippen LogP contribution in [0.1, 0.15) is 23.2 Å². The standard InChI is InChI=1S/C29H35N7O3/c1-33-24-7-5-4-6-22(24)28(37)34(2)25-19-30-29(32-27(25)33)31-23-9-8-21(18-26(23)38-3)35-12-10-20(11-13-35)36-14-16-39-17-15-36/h4-9,18-20H,10-17H2,1-3H3,(H,30,31,32). The Hall–Kier alpha value is -3.89. The summed E-state index contributed by atoms with van der Waals surface area (Å²) in [5.41, 5.74) is 4.01. The Kier molecular flexibility index (Phi) is 6.97. The first-order chi connectivity index (χ1) is 19.0. The number of methoxy groups -OCH3 is 1. The number of benzene rings is 2. The van der Waals surface area contributed by atoms with Crippen LogP contribution in [0.3, 0.4) is 0 Å². The molecule has 3 aromatic rings. The number of anilines is 6. The Morgan fingerprint density at radius 3 is 2.51 bits per heavy atom. The third-order valence-electron chi connectivity index (χ3n) is 8.05. The third-order valence-corrected chi connectivity index (χ3v) is 8.05. The minimum Gasteiger partial charge on any atom is -0.494 e. The van der Waals surface area contributed by atoms with Crippen LogP contribution in [0, 0.1) is 0 Å². The van der Waals surface area contributed by atoms with E-state index in [-0.39, 0.29) is 5.91 Å². The highest BCUT2D eigenvalue weighted by Crippen LogP contribution is 2.39. The number of carbonyl (C=O) groups is 1. The Morgan fingerprint density at radius 1 is 0.974 bits per heavy atom. The molecule has 10 heteroatoms. The molecule has 0 spiro atoms. The molecule has 39 heavy (non-hydrogen) atoms. The largest absolute Gasteiger partial charge is 0.494 e. The number of nitrogens with zero attached hydrogens (tertiary/aromatic N) is 6. The molecule has 4 heterocycles. The molecule has 3 aliphatic heterocycles. The van der Waals surface area contributed by atoms with Crippen molar-refractivity contribution >= 4 is 40.4 Å². The number of nitrogens with one attached hydrogen (secondary N) is 1. The van der Waals surface area contributed by atoms with Crippen LogP contribution in [0.4, 0.5) is 34.5 Å². The molecule has 0 saturated carbocycles. The van der Waals surface area contributed by atoms with Crippen molar-refractivity contribution in [2.24, 2.45) is 0 Å². The van der Waals surface area contributed by atoms with Gasteiger partial charge in [-0.15, -0.1) is 0 Å². The second-order valence-electron chi connectivity index (χ2n) is 10.2. The van der Waals surface area contributed by atoms with Crippen LogP contribution in [-0.4, -0.2) is 87.4 Å². The Balaban J connectivity index is 1.20. The van der Waals surface area contributed by atoms with Gasteiger partial charge in [0, 0.05) is 58.1 Å². The van der Waals surface area contributed by atoms with Gasteiger partial charge in [-0.2, -0.15) is 4.98 Å². The van der Waals surface area contributed by atoms with E-state index in [9.17, 15) is 4.79 Å². The van der Waals surface area contributed by atoms with Gasteiger partial charge >= 0.3 is 0 Å². The SMILES string of the molecule is COc1cc(N2CCC(N3CCOCC3)CC2)ccc1Nc1ncc2c(n1)N(C)c1ccccc1C(=O)N2C. The summed E-state index contributed by atoms with van der Waals surface area (Å²) in [5.74, 6) is 1.71. The maximum Gasteiger partial charge on any atom is 0.260 e. The Morgan fingerprint density at radius 2 is 1.74 bits per heavy atom. The number of amides is 1. The summed E-state index contributed by atoms with van der Waals surface area (Å²) in [6.45, 7) is 5.81. The van der Waals surface area contributed by atoms with Crippen molar-refractivity contribution in [3.05, 3.63) is 54.2 Å². The highest BCUT2D eigenvalue weighted by Gasteiger charge is 2.29. The molecule has 1 aromatic heterocycles. The number of hydrogen-bond acceptors (Lipinski definition) is 9. The molecule has 2 fully saturated rings. The van der Waals surface area contributed by atoms with E-state index >= 15 is 0 Å². The molecule has 1 N–H and O–H groups in total. The summed E-state index contributed by atoms with van der Waals surface area (Å²) in [7, 11) is 5.34. The first kappa shape index (κ1) is 25.4. The van der Waals surface area contributed by atoms with Crippen molar-refractivity contribution in [1.29, 1.82) is 0 Å². The van der Waals surface area contributed by atoms with Gasteiger partial charge in [0.2, 0.25) is 5.95 Å². The van der Waals surface area contributed by atoms with Crippen molar-refractivity contribution in [3.63, 3.8) is 0 Å². The number of carbonyl (C=O) groups excluding carboxylic acids is 1. The van der Waals surface area contributed by atoms with Gasteiger partial charge in [-0.3, -0.25) is 9.69 Å². The molecule has 0 atom stereocenters. The summed E-state index contributed by atoms with van der Waals surface area (Å²) < 4.78 is 11.3. The van der Waals surface area contributed by atoms with Gasteiger partial charge in [0.25, 0.3) is 5.91 Å². The molecule has 0 radical (unpaired) electrons. The van der Waals surface area contributed by atoms with E-state index in [2.05, 4.69) is 32.2 Å². The molecule has 0 aliphatic carbocycles. The van der Waals surface area contributed by atoms with Crippen LogP contribution in [0.25, 0.3) is 0 Å². The van der Waals surface area contributed by atoms with Gasteiger partial charge in [-0.05, 0) is 37.1 Å². The van der Waals surface area contributed by atoms with Crippen molar-refractivity contribution < 1.29 is 14.3 Å². The number of fused-ring (bicyclic) bond motifs is 2. The number of para-hydroxylation sites is 1. The van der Waals surface area contributed by atoms with Crippen LogP contribution in [0.2, 0.25) is 0 Å². The second kappa shape index (κ2) is 10.7. The summed E-state index contributed by atoms with van der Waals surface area (Å²) >= 11 is 0. The molecule has 204 valence electrons. The fourth-order valence-electron chi connectivity index (χ4n) is 5.79. The molecule has 1 amide bonds. The zero-order valence-electron chi connectivity index (χ0n) is 22.8. The average molecular weight is 530 g/mol. The van der Waals surface area contributed by atoms with E-state index in [1.54, 1.807) is 25.3 Å². The number of rotatable bonds is 5. The summed E-state index contributed by atoms with van der Waals surface area (Å²) in [6, 6.07) is 14.4. The lowest BCUT2D eigenvalue weighted by Crippen LogP contribution is -2.49. The topological polar surface area (TPSA) is 86.3 Å². The van der Waals surface area contributed by atoms with Gasteiger partial charge in [-0.25, -0.2) is 4.98 Å². The average Bonchev–Trinajstić information content (AvgIpc) is 3.07. The monoisotopic (exact) mass is 529 g/mol. The van der Waals surface area contributed by atoms with E-state index in [1.807, 2.05) is 42.3 Å². The van der Waals surface area contributed by atoms with Crippen LogP contribution in [0.5, 0.6) is 5.75 Å². The molecule has 6 rings (SSSR count). The highest BCUT2D eigenvalue weighted by molar-refractivity contribution is 6.13. The quantitative estimate of drug-likeness (QED) is 0.529. The van der Waals surface area contributed by atoms with Crippen molar-refractivity contribution in [1.82, 2.24) is 14.9 Å². The predicted octanol–water partition coefficient (Wildman–Crippen LogP) is 3.89. The van der Waals surface area contributed by atoms with Crippen LogP contribution >= 0.6 is 0 Å². The van der Waals surface area contributed by atoms with Crippen LogP contribution in [-0.2, 0) is 4.74 Å². The van der Waals surface area contributed by atoms with Crippen molar-refractivity contribution in [3.8, 4) is 5.75 Å². The van der Waals surface area contributed by atoms with Crippen molar-refractivity contribution in [2.45, 2.75) is 18.9 Å². The first-order valence-electron chi connectivity index (χ1n) is 13.5. The number of hydrogen-bond donors (Lipinski definition) is 1. The molecule has 2 saturated heterocycles. The van der Waals surface area contributed by atoms with Gasteiger partial charge < -0.3 is 29.5 Å². The molecule has 3 aliphatic rings. The second-order valence-corrected chi connectivity index (χ2v) is 10.2. The summed E-state index contributed by atoms with van der Waals surface area (Å²) in [5, 5.41) is 3.33. The van der Waals surface area contributed by atoms with E-state index in [1.165, 1.54) is 0 Å². The molecule has 0 unspecified atom stereocenters. The molecule has 2 aromatic carbocycles. The smallest absolute Gasteiger partial charge is 0.260 e. The lowest BCUT2D eigenvalue weighted by molar-refractivity contribution is 0.0115. The van der Waals surface area contributed by atoms with Gasteiger partial charge in [0.05, 0.1) is 43.5 Å². The molecule has 0 bridgehead atoms. The van der Waals surface area contributed by atoms with E-state index in [0.717, 1.165) is 75.0 Å². The lowest BCUT2D eigenvalue weighted by atomic mass is 10.0. The zero-order valence-corrected chi connectivity index (χ0v) is 22.8. The molecular formula is C29H35N7O3. The van der Waals surface area contributed by atoms with Crippen LogP contribution < -0.4 is 24.8 Å². The summed E-state index contributed by atoms with van der Waals surface area (Å²) in [4.78, 5) is 30.9. The normalized spacial score (nSPS) is 18.4. The van der Waals surface area contributed by atoms with Crippen LogP contribution in [0.15, 0.2) is 48.7 Å². The number of morpholine rings is 1. The minimum atomic E-state index is -0.0910. The zero-order chi connectivity index (χ0) is 26.9. The van der Waals surface area contributed by atoms with E-state index < -0.39 is 0 Å². The Bertz CT molecular complexity index is 1350. The fourth-order valence-corrected chi connectivity index (χ4v) is 5.79. The first-order valence-corrected chi connectivity index (χ1v) is 13.5. The van der Waals surface area contributed by atoms with Gasteiger partial charge in [0.15, 0.2) is 5.82 Å². The summed E-state index contributed by atoms with van der Waals surface area (Å²) in [6.07, 6.45) is 3.99. The molecule has 10 nitrogen and oxygen atoms in total. The van der Waals surface area contributed by atoms with Gasteiger partial charge in [-0.1, -0.05) is 12.1 Å². The predicted molar refractivity (Wildman–Crippen MR) is 153 cm³/mol. The third kappa shape index (κ3) is 4.86. The molecular weight excluding hydrogens is 494 g/mol. The fraction of sp³-hybridized carbons (Fsp3) is 0.414. The minimum absolute atomic E-state index is 0.0910. The maximum absolute atomic E-state index is 13.1. The van der Waals surface area contributed by atoms with Crippen molar-refractivity contribution in [2.75, 3.05) is 80.6 Å². The van der Waals surface area contributed by atoms with Gasteiger partial charge in [0.1, 0.15) is 11.4 Å². The number of aromatic nitrogens is 2. The number of ether oxygens (including phenoxy) is 2.